The average molecular weight is 554 g/mol. The third-order valence-corrected chi connectivity index (χ3v) is 8.58. The Labute approximate surface area is 232 Å². The van der Waals surface area contributed by atoms with Gasteiger partial charge in [-0.3, -0.25) is 14.1 Å². The number of esters is 1. The van der Waals surface area contributed by atoms with E-state index >= 15 is 0 Å². The summed E-state index contributed by atoms with van der Waals surface area (Å²) in [5, 5.41) is 10.5. The van der Waals surface area contributed by atoms with Crippen LogP contribution in [0.3, 0.4) is 0 Å². The molecule has 0 spiro atoms. The van der Waals surface area contributed by atoms with Gasteiger partial charge in [-0.25, -0.2) is 8.42 Å². The Balaban J connectivity index is 1.52. The molecule has 0 saturated heterocycles. The molecule has 0 bridgehead atoms. The lowest BCUT2D eigenvalue weighted by Crippen LogP contribution is -2.36. The van der Waals surface area contributed by atoms with Crippen LogP contribution in [0.2, 0.25) is 0 Å². The third kappa shape index (κ3) is 5.26. The van der Waals surface area contributed by atoms with Crippen molar-refractivity contribution in [2.45, 2.75) is 31.6 Å². The van der Waals surface area contributed by atoms with Crippen LogP contribution >= 0.6 is 0 Å². The maximum absolute atomic E-state index is 14.0. The van der Waals surface area contributed by atoms with Gasteiger partial charge in [-0.05, 0) is 67.8 Å². The van der Waals surface area contributed by atoms with E-state index in [0.29, 0.717) is 28.5 Å². The molecule has 202 valence electrons. The highest BCUT2D eigenvalue weighted by Gasteiger charge is 2.30. The largest absolute Gasteiger partial charge is 0.465 e. The van der Waals surface area contributed by atoms with E-state index < -0.39 is 22.5 Å². The molecular formula is C31H27N3O5S. The van der Waals surface area contributed by atoms with Gasteiger partial charge in [-0.2, -0.15) is 5.26 Å². The van der Waals surface area contributed by atoms with Gasteiger partial charge in [0.2, 0.25) is 0 Å². The van der Waals surface area contributed by atoms with Gasteiger partial charge in [0.15, 0.2) is 0 Å². The van der Waals surface area contributed by atoms with Crippen molar-refractivity contribution in [3.63, 3.8) is 0 Å². The van der Waals surface area contributed by atoms with Crippen molar-refractivity contribution in [1.29, 1.82) is 5.26 Å². The first-order valence-corrected chi connectivity index (χ1v) is 14.3. The molecule has 5 aromatic rings. The second-order valence-corrected chi connectivity index (χ2v) is 11.1. The monoisotopic (exact) mass is 553 g/mol. The smallest absolute Gasteiger partial charge is 0.326 e. The molecule has 0 amide bonds. The number of nitrogens with zero attached hydrogens (tertiary/aromatic N) is 3. The number of para-hydroxylation sites is 1. The fourth-order valence-corrected chi connectivity index (χ4v) is 6.27. The van der Waals surface area contributed by atoms with E-state index in [9.17, 15) is 13.2 Å². The average Bonchev–Trinajstić information content (AvgIpc) is 3.29. The minimum absolute atomic E-state index is 0.00581. The number of pyridine rings is 1. The molecular weight excluding hydrogens is 526 g/mol. The molecule has 0 aliphatic carbocycles. The lowest BCUT2D eigenvalue weighted by Gasteiger charge is -2.24. The number of carbonyl (C=O) groups excluding carboxylic acids is 1. The molecule has 0 atom stereocenters. The number of aryl methyl sites for hydroxylation is 3. The maximum Gasteiger partial charge on any atom is 0.326 e. The number of aromatic nitrogens is 1. The highest BCUT2D eigenvalue weighted by Crippen LogP contribution is 2.33. The molecule has 3 aromatic carbocycles. The van der Waals surface area contributed by atoms with Crippen LogP contribution in [-0.2, 0) is 32.4 Å². The van der Waals surface area contributed by atoms with Gasteiger partial charge in [-0.1, -0.05) is 30.3 Å². The van der Waals surface area contributed by atoms with Crippen molar-refractivity contribution in [3.05, 3.63) is 101 Å². The summed E-state index contributed by atoms with van der Waals surface area (Å²) in [6.45, 7) is 3.26. The van der Waals surface area contributed by atoms with E-state index in [1.165, 1.54) is 12.3 Å². The molecule has 2 heterocycles. The number of fused-ring (bicyclic) bond motifs is 2. The predicted octanol–water partition coefficient (Wildman–Crippen LogP) is 5.70. The van der Waals surface area contributed by atoms with Gasteiger partial charge in [0, 0.05) is 29.5 Å². The zero-order chi connectivity index (χ0) is 28.3. The van der Waals surface area contributed by atoms with Crippen LogP contribution in [0.5, 0.6) is 0 Å². The van der Waals surface area contributed by atoms with Crippen LogP contribution in [-0.4, -0.2) is 32.5 Å². The van der Waals surface area contributed by atoms with Crippen LogP contribution < -0.4 is 4.31 Å². The molecule has 40 heavy (non-hydrogen) atoms. The normalized spacial score (nSPS) is 11.4. The Bertz CT molecular complexity index is 1850. The molecule has 8 nitrogen and oxygen atoms in total. The van der Waals surface area contributed by atoms with Crippen LogP contribution in [0.25, 0.3) is 21.9 Å². The number of hydrogen-bond acceptors (Lipinski definition) is 7. The Morgan fingerprint density at radius 2 is 1.82 bits per heavy atom. The Morgan fingerprint density at radius 1 is 1.05 bits per heavy atom. The standard InChI is InChI=1S/C31H27N3O5S/c1-3-38-30(35)20-34(40(36,37)29-8-4-6-24-7-5-17-33-31(24)29)25-14-15-26-21(2)27(39-28(26)18-25)16-13-22-9-11-23(19-32)12-10-22/h4-12,14-15,17-18H,3,13,16,20H2,1-2H3. The third-order valence-electron chi connectivity index (χ3n) is 6.77. The summed E-state index contributed by atoms with van der Waals surface area (Å²) >= 11 is 0. The predicted molar refractivity (Wildman–Crippen MR) is 152 cm³/mol. The molecule has 0 saturated carbocycles. The number of ether oxygens (including phenoxy) is 1. The van der Waals surface area contributed by atoms with E-state index in [4.69, 9.17) is 14.4 Å². The van der Waals surface area contributed by atoms with Crippen molar-refractivity contribution in [2.24, 2.45) is 0 Å². The number of sulfonamides is 1. The molecule has 0 aliphatic heterocycles. The SMILES string of the molecule is CCOC(=O)CN(c1ccc2c(C)c(CCc3ccc(C#N)cc3)oc2c1)S(=O)(=O)c1cccc2cccnc12. The van der Waals surface area contributed by atoms with Gasteiger partial charge < -0.3 is 9.15 Å². The van der Waals surface area contributed by atoms with E-state index in [0.717, 1.165) is 33.0 Å². The number of benzene rings is 3. The molecule has 0 aliphatic rings. The second kappa shape index (κ2) is 11.2. The topological polar surface area (TPSA) is 113 Å². The lowest BCUT2D eigenvalue weighted by molar-refractivity contribution is -0.141. The molecule has 0 radical (unpaired) electrons. The summed E-state index contributed by atoms with van der Waals surface area (Å²) in [6.07, 6.45) is 2.89. The fraction of sp³-hybridized carbons (Fsp3) is 0.194. The van der Waals surface area contributed by atoms with Gasteiger partial charge in [0.1, 0.15) is 22.8 Å². The molecule has 9 heteroatoms. The van der Waals surface area contributed by atoms with Gasteiger partial charge in [-0.15, -0.1) is 0 Å². The van der Waals surface area contributed by atoms with Gasteiger partial charge in [0.25, 0.3) is 10.0 Å². The highest BCUT2D eigenvalue weighted by molar-refractivity contribution is 7.93. The van der Waals surface area contributed by atoms with E-state index in [1.54, 1.807) is 55.5 Å². The second-order valence-electron chi connectivity index (χ2n) is 9.29. The first kappa shape index (κ1) is 26.9. The van der Waals surface area contributed by atoms with Gasteiger partial charge >= 0.3 is 5.97 Å². The Hall–Kier alpha value is -4.68. The number of rotatable bonds is 9. The maximum atomic E-state index is 14.0. The van der Waals surface area contributed by atoms with Crippen LogP contribution in [0.4, 0.5) is 5.69 Å². The minimum Gasteiger partial charge on any atom is -0.465 e. The van der Waals surface area contributed by atoms with Crippen molar-refractivity contribution in [3.8, 4) is 6.07 Å². The molecule has 0 N–H and O–H groups in total. The van der Waals surface area contributed by atoms with E-state index in [2.05, 4.69) is 11.1 Å². The summed E-state index contributed by atoms with van der Waals surface area (Å²) < 4.78 is 40.4. The summed E-state index contributed by atoms with van der Waals surface area (Å²) in [5.41, 5.74) is 3.77. The first-order valence-electron chi connectivity index (χ1n) is 12.8. The highest BCUT2D eigenvalue weighted by atomic mass is 32.2. The molecule has 2 aromatic heterocycles. The lowest BCUT2D eigenvalue weighted by atomic mass is 10.0. The van der Waals surface area contributed by atoms with Gasteiger partial charge in [0.05, 0.1) is 29.4 Å². The van der Waals surface area contributed by atoms with Crippen molar-refractivity contribution < 1.29 is 22.4 Å². The molecule has 5 rings (SSSR count). The molecule has 0 fully saturated rings. The Kier molecular flexibility index (Phi) is 7.54. The number of nitriles is 1. The van der Waals surface area contributed by atoms with Crippen molar-refractivity contribution >= 4 is 43.6 Å². The summed E-state index contributed by atoms with van der Waals surface area (Å²) in [7, 11) is -4.21. The summed E-state index contributed by atoms with van der Waals surface area (Å²) in [6, 6.07) is 23.1. The zero-order valence-corrected chi connectivity index (χ0v) is 22.9. The van der Waals surface area contributed by atoms with Crippen molar-refractivity contribution in [1.82, 2.24) is 4.98 Å². The minimum atomic E-state index is -4.21. The number of carbonyl (C=O) groups is 1. The van der Waals surface area contributed by atoms with E-state index in [-0.39, 0.29) is 17.2 Å². The first-order chi connectivity index (χ1) is 19.3. The van der Waals surface area contributed by atoms with Crippen molar-refractivity contribution in [2.75, 3.05) is 17.5 Å². The van der Waals surface area contributed by atoms with E-state index in [1.807, 2.05) is 25.1 Å². The number of furan rings is 1. The Morgan fingerprint density at radius 3 is 2.58 bits per heavy atom. The zero-order valence-electron chi connectivity index (χ0n) is 22.1. The summed E-state index contributed by atoms with van der Waals surface area (Å²) in [5.74, 6) is 0.118. The fourth-order valence-electron chi connectivity index (χ4n) is 4.70. The van der Waals surface area contributed by atoms with Crippen LogP contribution in [0.1, 0.15) is 29.4 Å². The number of hydrogen-bond donors (Lipinski definition) is 0. The molecule has 0 unspecified atom stereocenters. The quantitative estimate of drug-likeness (QED) is 0.215. The summed E-state index contributed by atoms with van der Waals surface area (Å²) in [4.78, 5) is 16.9. The number of anilines is 1. The van der Waals surface area contributed by atoms with Crippen LogP contribution in [0.15, 0.2) is 88.3 Å². The van der Waals surface area contributed by atoms with Crippen LogP contribution in [0, 0.1) is 18.3 Å².